The Hall–Kier alpha value is -0.230. The largest absolute Gasteiger partial charge is 0.465 e. The summed E-state index contributed by atoms with van der Waals surface area (Å²) in [5.41, 5.74) is 0. The Labute approximate surface area is 121 Å². The number of unbranched alkanes of at least 4 members (excludes halogenated alkanes) is 2. The first-order chi connectivity index (χ1) is 9.01. The Balaban J connectivity index is 4.34. The number of ether oxygens (including phenoxy) is 1. The van der Waals surface area contributed by atoms with E-state index in [1.54, 1.807) is 0 Å². The maximum Gasteiger partial charge on any atom is 0.302 e. The van der Waals surface area contributed by atoms with Gasteiger partial charge in [-0.05, 0) is 12.8 Å². The molecule has 0 heterocycles. The average molecular weight is 310 g/mol. The summed E-state index contributed by atoms with van der Waals surface area (Å²) >= 11 is 0. The van der Waals surface area contributed by atoms with Crippen molar-refractivity contribution in [2.24, 2.45) is 0 Å². The van der Waals surface area contributed by atoms with Crippen LogP contribution in [0.15, 0.2) is 0 Å². The van der Waals surface area contributed by atoms with Crippen molar-refractivity contribution in [3.63, 3.8) is 0 Å². The summed E-state index contributed by atoms with van der Waals surface area (Å²) in [5, 5.41) is -0.298. The summed E-state index contributed by atoms with van der Waals surface area (Å²) < 4.78 is 28.9. The standard InChI is InChI=1S/C13H26O4S2/c1-4-6-8-18(15)11-13(10-17-12(3)14)19(16)9-7-5-2/h13H,4-11H2,1-3H3. The molecule has 0 aromatic carbocycles. The molecule has 3 unspecified atom stereocenters. The summed E-state index contributed by atoms with van der Waals surface area (Å²) in [4.78, 5) is 10.8. The highest BCUT2D eigenvalue weighted by molar-refractivity contribution is 7.89. The SMILES string of the molecule is CCCCS(=O)CC(COC(C)=O)S(=O)CCCC. The molecule has 0 saturated heterocycles. The van der Waals surface area contributed by atoms with E-state index in [1.165, 1.54) is 6.92 Å². The van der Waals surface area contributed by atoms with Gasteiger partial charge in [-0.1, -0.05) is 26.7 Å². The molecule has 0 aromatic heterocycles. The molecule has 3 atom stereocenters. The fourth-order valence-electron chi connectivity index (χ4n) is 1.46. The number of rotatable bonds is 11. The minimum atomic E-state index is -1.07. The highest BCUT2D eigenvalue weighted by Crippen LogP contribution is 2.06. The van der Waals surface area contributed by atoms with Gasteiger partial charge in [0, 0.05) is 45.8 Å². The highest BCUT2D eigenvalue weighted by atomic mass is 32.2. The second kappa shape index (κ2) is 11.6. The lowest BCUT2D eigenvalue weighted by Gasteiger charge is -2.16. The van der Waals surface area contributed by atoms with Gasteiger partial charge in [-0.25, -0.2) is 0 Å². The Morgan fingerprint density at radius 1 is 1.11 bits per heavy atom. The van der Waals surface area contributed by atoms with Crippen molar-refractivity contribution in [3.05, 3.63) is 0 Å². The fraction of sp³-hybridized carbons (Fsp3) is 0.923. The van der Waals surface area contributed by atoms with Crippen LogP contribution in [0.5, 0.6) is 0 Å². The van der Waals surface area contributed by atoms with Crippen molar-refractivity contribution in [2.75, 3.05) is 23.9 Å². The van der Waals surface area contributed by atoms with E-state index < -0.39 is 21.6 Å². The maximum absolute atomic E-state index is 12.1. The lowest BCUT2D eigenvalue weighted by atomic mass is 10.4. The van der Waals surface area contributed by atoms with Crippen LogP contribution in [0.4, 0.5) is 0 Å². The van der Waals surface area contributed by atoms with Crippen molar-refractivity contribution < 1.29 is 17.9 Å². The Kier molecular flexibility index (Phi) is 11.4. The number of hydrogen-bond acceptors (Lipinski definition) is 4. The third-order valence-electron chi connectivity index (χ3n) is 2.64. The van der Waals surface area contributed by atoms with Gasteiger partial charge >= 0.3 is 5.97 Å². The molecule has 4 nitrogen and oxygen atoms in total. The molecule has 0 amide bonds. The van der Waals surface area contributed by atoms with Crippen LogP contribution in [0, 0.1) is 0 Å². The van der Waals surface area contributed by atoms with Crippen LogP contribution in [0.25, 0.3) is 0 Å². The zero-order valence-corrected chi connectivity index (χ0v) is 13.8. The maximum atomic E-state index is 12.1. The first-order valence-electron chi connectivity index (χ1n) is 6.86. The zero-order chi connectivity index (χ0) is 14.7. The first kappa shape index (κ1) is 18.8. The minimum Gasteiger partial charge on any atom is -0.465 e. The molecule has 6 heteroatoms. The van der Waals surface area contributed by atoms with Gasteiger partial charge < -0.3 is 4.74 Å². The first-order valence-corrected chi connectivity index (χ1v) is 9.73. The number of carbonyl (C=O) groups is 1. The lowest BCUT2D eigenvalue weighted by Crippen LogP contribution is -2.31. The summed E-state index contributed by atoms with van der Waals surface area (Å²) in [6.07, 6.45) is 3.77. The zero-order valence-electron chi connectivity index (χ0n) is 12.2. The molecule has 0 fully saturated rings. The third-order valence-corrected chi connectivity index (χ3v) is 6.11. The number of carbonyl (C=O) groups excluding carboxylic acids is 1. The summed E-state index contributed by atoms with van der Waals surface area (Å²) in [5.74, 6) is 1.21. The predicted octanol–water partition coefficient (Wildman–Crippen LogP) is 2.02. The van der Waals surface area contributed by atoms with Crippen molar-refractivity contribution in [2.45, 2.75) is 51.7 Å². The minimum absolute atomic E-state index is 0.115. The van der Waals surface area contributed by atoms with E-state index in [2.05, 4.69) is 0 Å². The molecule has 0 spiro atoms. The summed E-state index contributed by atoms with van der Waals surface area (Å²) in [6.45, 7) is 5.54. The van der Waals surface area contributed by atoms with Gasteiger partial charge in [-0.2, -0.15) is 0 Å². The molecule has 114 valence electrons. The second-order valence-electron chi connectivity index (χ2n) is 4.53. The third kappa shape index (κ3) is 10.2. The van der Waals surface area contributed by atoms with Gasteiger partial charge in [-0.3, -0.25) is 13.2 Å². The van der Waals surface area contributed by atoms with Crippen LogP contribution in [0.2, 0.25) is 0 Å². The molecule has 0 saturated carbocycles. The van der Waals surface area contributed by atoms with Crippen molar-refractivity contribution in [1.29, 1.82) is 0 Å². The van der Waals surface area contributed by atoms with E-state index in [9.17, 15) is 13.2 Å². The van der Waals surface area contributed by atoms with Crippen LogP contribution in [-0.4, -0.2) is 43.5 Å². The topological polar surface area (TPSA) is 60.4 Å². The molecule has 19 heavy (non-hydrogen) atoms. The van der Waals surface area contributed by atoms with Crippen LogP contribution < -0.4 is 0 Å². The van der Waals surface area contributed by atoms with Crippen molar-refractivity contribution >= 4 is 27.6 Å². The number of hydrogen-bond donors (Lipinski definition) is 0. The van der Waals surface area contributed by atoms with Gasteiger partial charge in [0.1, 0.15) is 6.61 Å². The van der Waals surface area contributed by atoms with E-state index in [-0.39, 0.29) is 17.8 Å². The highest BCUT2D eigenvalue weighted by Gasteiger charge is 2.20. The van der Waals surface area contributed by atoms with Crippen molar-refractivity contribution in [1.82, 2.24) is 0 Å². The van der Waals surface area contributed by atoms with Gasteiger partial charge in [-0.15, -0.1) is 0 Å². The molecular formula is C13H26O4S2. The van der Waals surface area contributed by atoms with Crippen LogP contribution in [0.3, 0.4) is 0 Å². The van der Waals surface area contributed by atoms with E-state index in [0.29, 0.717) is 17.3 Å². The lowest BCUT2D eigenvalue weighted by molar-refractivity contribution is -0.140. The van der Waals surface area contributed by atoms with Crippen LogP contribution in [0.1, 0.15) is 46.5 Å². The molecular weight excluding hydrogens is 284 g/mol. The molecule has 0 N–H and O–H groups in total. The second-order valence-corrected chi connectivity index (χ2v) is 7.98. The molecule has 0 bridgehead atoms. The Morgan fingerprint density at radius 2 is 1.68 bits per heavy atom. The molecule has 0 aliphatic heterocycles. The average Bonchev–Trinajstić information content (AvgIpc) is 2.38. The predicted molar refractivity (Wildman–Crippen MR) is 81.1 cm³/mol. The number of esters is 1. The fourth-order valence-corrected chi connectivity index (χ4v) is 4.94. The van der Waals surface area contributed by atoms with Crippen LogP contribution in [-0.2, 0) is 31.1 Å². The molecule has 0 aromatic rings. The van der Waals surface area contributed by atoms with E-state index in [1.807, 2.05) is 13.8 Å². The molecule has 0 radical (unpaired) electrons. The van der Waals surface area contributed by atoms with Crippen molar-refractivity contribution in [3.8, 4) is 0 Å². The molecule has 0 aliphatic carbocycles. The van der Waals surface area contributed by atoms with Gasteiger partial charge in [0.05, 0.1) is 5.25 Å². The van der Waals surface area contributed by atoms with Crippen LogP contribution >= 0.6 is 0 Å². The smallest absolute Gasteiger partial charge is 0.302 e. The van der Waals surface area contributed by atoms with E-state index in [0.717, 1.165) is 25.7 Å². The summed E-state index contributed by atoms with van der Waals surface area (Å²) in [6, 6.07) is 0. The monoisotopic (exact) mass is 310 g/mol. The quantitative estimate of drug-likeness (QED) is 0.548. The summed E-state index contributed by atoms with van der Waals surface area (Å²) in [7, 11) is -2.05. The van der Waals surface area contributed by atoms with E-state index >= 15 is 0 Å². The van der Waals surface area contributed by atoms with Gasteiger partial charge in [0.25, 0.3) is 0 Å². The van der Waals surface area contributed by atoms with Gasteiger partial charge in [0.15, 0.2) is 0 Å². The Bertz CT molecular complexity index is 305. The molecule has 0 aliphatic rings. The van der Waals surface area contributed by atoms with Gasteiger partial charge in [0.2, 0.25) is 0 Å². The Morgan fingerprint density at radius 3 is 2.21 bits per heavy atom. The molecule has 0 rings (SSSR count). The normalized spacial score (nSPS) is 15.7. The van der Waals surface area contributed by atoms with E-state index in [4.69, 9.17) is 4.74 Å².